The molecule has 0 radical (unpaired) electrons. The van der Waals surface area contributed by atoms with Gasteiger partial charge in [-0.1, -0.05) is 0 Å². The highest BCUT2D eigenvalue weighted by Gasteiger charge is 2.28. The lowest BCUT2D eigenvalue weighted by Gasteiger charge is -2.35. The van der Waals surface area contributed by atoms with E-state index < -0.39 is 0 Å². The van der Waals surface area contributed by atoms with Gasteiger partial charge < -0.3 is 24.4 Å². The number of aromatic nitrogens is 3. The van der Waals surface area contributed by atoms with E-state index in [4.69, 9.17) is 9.40 Å². The maximum Gasteiger partial charge on any atom is 0.260 e. The van der Waals surface area contributed by atoms with E-state index in [0.717, 1.165) is 61.2 Å². The number of rotatable bonds is 5. The number of benzene rings is 1. The van der Waals surface area contributed by atoms with Gasteiger partial charge in [0.1, 0.15) is 5.65 Å². The van der Waals surface area contributed by atoms with Gasteiger partial charge in [-0.2, -0.15) is 4.98 Å². The summed E-state index contributed by atoms with van der Waals surface area (Å²) in [7, 11) is 2.16. The average Bonchev–Trinajstić information content (AvgIpc) is 3.48. The van der Waals surface area contributed by atoms with Crippen molar-refractivity contribution in [2.24, 2.45) is 0 Å². The molecule has 0 aliphatic carbocycles. The molecular weight excluding hydrogens is 518 g/mol. The number of nitrogens with one attached hydrogen (secondary N) is 1. The zero-order valence-corrected chi connectivity index (χ0v) is 24.2. The number of hydrogen-bond donors (Lipinski definition) is 1. The number of furan rings is 1. The number of carbonyl (C=O) groups excluding carboxylic acids is 1. The van der Waals surface area contributed by atoms with Crippen molar-refractivity contribution in [3.05, 3.63) is 64.5 Å². The summed E-state index contributed by atoms with van der Waals surface area (Å²) in [6.45, 7) is 10.9. The fraction of sp³-hybridized carbons (Fsp3) is 0.419. The second-order valence-corrected chi connectivity index (χ2v) is 11.3. The van der Waals surface area contributed by atoms with E-state index in [9.17, 15) is 9.59 Å². The van der Waals surface area contributed by atoms with Gasteiger partial charge in [0, 0.05) is 74.7 Å². The first kappa shape index (κ1) is 27.0. The summed E-state index contributed by atoms with van der Waals surface area (Å²) in [5.41, 5.74) is 5.85. The number of anilines is 3. The lowest BCUT2D eigenvalue weighted by molar-refractivity contribution is -0.130. The molecule has 1 aromatic carbocycles. The summed E-state index contributed by atoms with van der Waals surface area (Å²) in [5, 5.41) is 4.17. The molecule has 10 heteroatoms. The van der Waals surface area contributed by atoms with Crippen LogP contribution in [0.1, 0.15) is 36.9 Å². The van der Waals surface area contributed by atoms with Gasteiger partial charge in [-0.05, 0) is 69.1 Å². The molecule has 41 heavy (non-hydrogen) atoms. The third kappa shape index (κ3) is 5.19. The molecule has 0 spiro atoms. The number of carbonyl (C=O) groups is 1. The normalized spacial score (nSPS) is 18.2. The van der Waals surface area contributed by atoms with E-state index in [0.29, 0.717) is 30.2 Å². The molecule has 2 fully saturated rings. The molecule has 0 saturated carbocycles. The van der Waals surface area contributed by atoms with Gasteiger partial charge in [-0.15, -0.1) is 0 Å². The van der Waals surface area contributed by atoms with Crippen LogP contribution in [0.4, 0.5) is 17.3 Å². The van der Waals surface area contributed by atoms with Crippen molar-refractivity contribution < 1.29 is 9.21 Å². The monoisotopic (exact) mass is 555 g/mol. The topological polar surface area (TPSA) is 99.7 Å². The van der Waals surface area contributed by atoms with Crippen molar-refractivity contribution in [3.8, 4) is 11.1 Å². The van der Waals surface area contributed by atoms with Crippen LogP contribution in [0.3, 0.4) is 0 Å². The Morgan fingerprint density at radius 1 is 1.10 bits per heavy atom. The van der Waals surface area contributed by atoms with Gasteiger partial charge in [-0.3, -0.25) is 14.2 Å². The van der Waals surface area contributed by atoms with Crippen LogP contribution < -0.4 is 15.8 Å². The second-order valence-electron chi connectivity index (χ2n) is 11.3. The van der Waals surface area contributed by atoms with E-state index in [1.165, 1.54) is 11.3 Å². The maximum absolute atomic E-state index is 14.1. The summed E-state index contributed by atoms with van der Waals surface area (Å²) in [6.07, 6.45) is 6.56. The first-order valence-corrected chi connectivity index (χ1v) is 14.3. The van der Waals surface area contributed by atoms with Crippen LogP contribution in [0, 0.1) is 13.8 Å². The predicted octanol–water partition coefficient (Wildman–Crippen LogP) is 4.35. The highest BCUT2D eigenvalue weighted by Crippen LogP contribution is 2.31. The van der Waals surface area contributed by atoms with E-state index in [-0.39, 0.29) is 17.5 Å². The first-order chi connectivity index (χ1) is 19.8. The molecule has 2 aliphatic heterocycles. The van der Waals surface area contributed by atoms with Crippen LogP contribution in [-0.4, -0.2) is 76.6 Å². The Balaban J connectivity index is 1.39. The van der Waals surface area contributed by atoms with Gasteiger partial charge in [0.15, 0.2) is 0 Å². The number of pyridine rings is 1. The zero-order chi connectivity index (χ0) is 28.7. The molecule has 1 atom stereocenters. The van der Waals surface area contributed by atoms with E-state index >= 15 is 0 Å². The summed E-state index contributed by atoms with van der Waals surface area (Å²) >= 11 is 0. The van der Waals surface area contributed by atoms with Crippen LogP contribution in [0.25, 0.3) is 22.2 Å². The van der Waals surface area contributed by atoms with Gasteiger partial charge >= 0.3 is 0 Å². The SMILES string of the molecule is CC(=O)N1CCC[C@H](n2c(=O)c(-c3ccoc3)c(C)c3cnc(Nc4ccc(N5CCN(C)CC5)c(C)c4)nc32)C1. The fourth-order valence-corrected chi connectivity index (χ4v) is 6.19. The van der Waals surface area contributed by atoms with Crippen molar-refractivity contribution in [2.75, 3.05) is 56.5 Å². The smallest absolute Gasteiger partial charge is 0.260 e. The molecule has 4 aromatic rings. The van der Waals surface area contributed by atoms with Crippen LogP contribution >= 0.6 is 0 Å². The van der Waals surface area contributed by atoms with E-state index in [1.807, 2.05) is 11.8 Å². The molecule has 5 heterocycles. The molecule has 6 rings (SSSR count). The summed E-state index contributed by atoms with van der Waals surface area (Å²) in [6, 6.07) is 7.93. The van der Waals surface area contributed by atoms with Gasteiger partial charge in [0.25, 0.3) is 5.56 Å². The van der Waals surface area contributed by atoms with Gasteiger partial charge in [0.2, 0.25) is 11.9 Å². The largest absolute Gasteiger partial charge is 0.472 e. The molecular formula is C31H37N7O3. The zero-order valence-electron chi connectivity index (χ0n) is 24.2. The Kier molecular flexibility index (Phi) is 7.25. The lowest BCUT2D eigenvalue weighted by atomic mass is 9.99. The molecule has 214 valence electrons. The minimum Gasteiger partial charge on any atom is -0.472 e. The number of likely N-dealkylation sites (N-methyl/N-ethyl adjacent to an activating group) is 1. The molecule has 0 unspecified atom stereocenters. The molecule has 2 aliphatic rings. The van der Waals surface area contributed by atoms with Crippen LogP contribution in [-0.2, 0) is 4.79 Å². The third-order valence-corrected chi connectivity index (χ3v) is 8.52. The van der Waals surface area contributed by atoms with Crippen LogP contribution in [0.5, 0.6) is 0 Å². The quantitative estimate of drug-likeness (QED) is 0.388. The number of aryl methyl sites for hydroxylation is 2. The standard InChI is InChI=1S/C31H37N7O3/c1-20-16-24(7-8-27(20)36-13-11-35(4)12-14-36)33-31-32-17-26-21(2)28(23-9-15-41-19-23)30(40)38(29(26)34-31)25-6-5-10-37(18-25)22(3)39/h7-9,15-17,19,25H,5-6,10-14,18H2,1-4H3,(H,32,33,34)/t25-/m0/s1. The summed E-state index contributed by atoms with van der Waals surface area (Å²) in [4.78, 5) is 42.5. The molecule has 3 aromatic heterocycles. The van der Waals surface area contributed by atoms with Crippen molar-refractivity contribution >= 4 is 34.3 Å². The summed E-state index contributed by atoms with van der Waals surface area (Å²) in [5.74, 6) is 0.439. The Morgan fingerprint density at radius 3 is 2.61 bits per heavy atom. The number of amides is 1. The summed E-state index contributed by atoms with van der Waals surface area (Å²) < 4.78 is 7.10. The van der Waals surface area contributed by atoms with E-state index in [2.05, 4.69) is 52.3 Å². The molecule has 0 bridgehead atoms. The minimum absolute atomic E-state index is 0.0154. The van der Waals surface area contributed by atoms with Crippen molar-refractivity contribution in [1.82, 2.24) is 24.3 Å². The number of hydrogen-bond acceptors (Lipinski definition) is 8. The third-order valence-electron chi connectivity index (χ3n) is 8.52. The Hall–Kier alpha value is -4.18. The molecule has 10 nitrogen and oxygen atoms in total. The maximum atomic E-state index is 14.1. The molecule has 1 amide bonds. The average molecular weight is 556 g/mol. The highest BCUT2D eigenvalue weighted by molar-refractivity contribution is 5.86. The van der Waals surface area contributed by atoms with Crippen molar-refractivity contribution in [1.29, 1.82) is 0 Å². The highest BCUT2D eigenvalue weighted by atomic mass is 16.3. The number of piperidine rings is 1. The first-order valence-electron chi connectivity index (χ1n) is 14.3. The minimum atomic E-state index is -0.193. The van der Waals surface area contributed by atoms with Crippen molar-refractivity contribution in [3.63, 3.8) is 0 Å². The van der Waals surface area contributed by atoms with Crippen LogP contribution in [0.15, 0.2) is 52.2 Å². The van der Waals surface area contributed by atoms with Gasteiger partial charge in [0.05, 0.1) is 24.1 Å². The van der Waals surface area contributed by atoms with Crippen LogP contribution in [0.2, 0.25) is 0 Å². The Labute approximate surface area is 239 Å². The second kappa shape index (κ2) is 11.0. The number of likely N-dealkylation sites (tertiary alicyclic amines) is 1. The van der Waals surface area contributed by atoms with Gasteiger partial charge in [-0.25, -0.2) is 4.98 Å². The Morgan fingerprint density at radius 2 is 1.90 bits per heavy atom. The number of nitrogens with zero attached hydrogens (tertiary/aromatic N) is 6. The number of fused-ring (bicyclic) bond motifs is 1. The Bertz CT molecular complexity index is 1640. The lowest BCUT2D eigenvalue weighted by Crippen LogP contribution is -2.44. The molecule has 1 N–H and O–H groups in total. The molecule has 2 saturated heterocycles. The number of piperazine rings is 1. The fourth-order valence-electron chi connectivity index (χ4n) is 6.19. The van der Waals surface area contributed by atoms with E-state index in [1.54, 1.807) is 36.3 Å². The predicted molar refractivity (Wildman–Crippen MR) is 161 cm³/mol. The van der Waals surface area contributed by atoms with Crippen molar-refractivity contribution in [2.45, 2.75) is 39.7 Å².